The van der Waals surface area contributed by atoms with Crippen molar-refractivity contribution in [3.63, 3.8) is 0 Å². The molecule has 0 saturated heterocycles. The van der Waals surface area contributed by atoms with Crippen molar-refractivity contribution in [1.29, 1.82) is 0 Å². The van der Waals surface area contributed by atoms with Gasteiger partial charge in [0.15, 0.2) is 0 Å². The van der Waals surface area contributed by atoms with Crippen LogP contribution in [-0.2, 0) is 17.5 Å². The second-order valence-corrected chi connectivity index (χ2v) is 5.95. The number of esters is 1. The predicted molar refractivity (Wildman–Crippen MR) is 97.1 cm³/mol. The van der Waals surface area contributed by atoms with Gasteiger partial charge >= 0.3 is 12.1 Å². The topological polar surface area (TPSA) is 64.1 Å². The van der Waals surface area contributed by atoms with Gasteiger partial charge in [0.05, 0.1) is 16.8 Å². The molecular weight excluding hydrogens is 371 g/mol. The zero-order valence-electron chi connectivity index (χ0n) is 14.8. The van der Waals surface area contributed by atoms with Gasteiger partial charge in [-0.2, -0.15) is 13.2 Å². The summed E-state index contributed by atoms with van der Waals surface area (Å²) in [5, 5.41) is 2.81. The van der Waals surface area contributed by atoms with Crippen molar-refractivity contribution in [1.82, 2.24) is 9.97 Å². The van der Waals surface area contributed by atoms with Gasteiger partial charge in [-0.05, 0) is 36.8 Å². The highest BCUT2D eigenvalue weighted by atomic mass is 19.4. The number of hydrogen-bond donors (Lipinski definition) is 1. The van der Waals surface area contributed by atoms with Crippen LogP contribution in [0.25, 0.3) is 0 Å². The Labute approximate surface area is 159 Å². The summed E-state index contributed by atoms with van der Waals surface area (Å²) in [6.45, 7) is 1.43. The molecule has 5 nitrogen and oxygen atoms in total. The van der Waals surface area contributed by atoms with Gasteiger partial charge < -0.3 is 10.1 Å². The highest BCUT2D eigenvalue weighted by Crippen LogP contribution is 2.31. The molecule has 28 heavy (non-hydrogen) atoms. The molecule has 0 spiro atoms. The minimum Gasteiger partial charge on any atom is -0.457 e. The zero-order valence-corrected chi connectivity index (χ0v) is 14.8. The highest BCUT2D eigenvalue weighted by Gasteiger charge is 2.33. The molecule has 0 fully saturated rings. The van der Waals surface area contributed by atoms with Crippen LogP contribution in [-0.4, -0.2) is 15.9 Å². The number of hydrogen-bond acceptors (Lipinski definition) is 5. The molecule has 0 radical (unpaired) electrons. The minimum atomic E-state index is -4.50. The fourth-order valence-corrected chi connectivity index (χ4v) is 2.43. The molecule has 0 amide bonds. The Balaban J connectivity index is 1.63. The molecule has 1 aromatic heterocycles. The van der Waals surface area contributed by atoms with E-state index < -0.39 is 17.7 Å². The molecule has 3 aromatic rings. The maximum atomic E-state index is 12.8. The van der Waals surface area contributed by atoms with Crippen LogP contribution in [0.5, 0.6) is 0 Å². The second kappa shape index (κ2) is 8.08. The second-order valence-electron chi connectivity index (χ2n) is 5.95. The van der Waals surface area contributed by atoms with E-state index >= 15 is 0 Å². The number of carbonyl (C=O) groups is 1. The van der Waals surface area contributed by atoms with Crippen molar-refractivity contribution in [3.05, 3.63) is 83.2 Å². The van der Waals surface area contributed by atoms with Crippen molar-refractivity contribution >= 4 is 17.6 Å². The maximum Gasteiger partial charge on any atom is 0.419 e. The lowest BCUT2D eigenvalue weighted by atomic mass is 10.2. The molecule has 8 heteroatoms. The Morgan fingerprint density at radius 2 is 1.75 bits per heavy atom. The highest BCUT2D eigenvalue weighted by molar-refractivity contribution is 5.89. The molecule has 0 aliphatic heterocycles. The fourth-order valence-electron chi connectivity index (χ4n) is 2.43. The first-order valence-electron chi connectivity index (χ1n) is 8.32. The number of ether oxygens (including phenoxy) is 1. The van der Waals surface area contributed by atoms with Crippen LogP contribution >= 0.6 is 0 Å². The fraction of sp³-hybridized carbons (Fsp3) is 0.150. The van der Waals surface area contributed by atoms with E-state index in [9.17, 15) is 18.0 Å². The number of benzene rings is 2. The lowest BCUT2D eigenvalue weighted by Gasteiger charge is -2.11. The van der Waals surface area contributed by atoms with Crippen LogP contribution in [0.4, 0.5) is 24.8 Å². The smallest absolute Gasteiger partial charge is 0.419 e. The summed E-state index contributed by atoms with van der Waals surface area (Å²) in [5.41, 5.74) is 0.703. The zero-order chi connectivity index (χ0) is 20.1. The van der Waals surface area contributed by atoms with Crippen LogP contribution in [0.3, 0.4) is 0 Å². The van der Waals surface area contributed by atoms with Crippen LogP contribution in [0, 0.1) is 6.92 Å². The molecule has 2 aromatic carbocycles. The third-order valence-electron chi connectivity index (χ3n) is 3.87. The van der Waals surface area contributed by atoms with Crippen molar-refractivity contribution in [2.24, 2.45) is 0 Å². The lowest BCUT2D eigenvalue weighted by molar-refractivity contribution is -0.138. The van der Waals surface area contributed by atoms with Gasteiger partial charge in [0, 0.05) is 11.9 Å². The van der Waals surface area contributed by atoms with Gasteiger partial charge in [-0.15, -0.1) is 0 Å². The molecule has 0 aliphatic rings. The minimum absolute atomic E-state index is 0.0323. The Bertz CT molecular complexity index is 959. The van der Waals surface area contributed by atoms with Gasteiger partial charge in [0.2, 0.25) is 5.95 Å². The standard InChI is InChI=1S/C20H16F3N3O2/c1-13-17(20(21,22)23)11-24-19(25-13)26-16-9-7-15(8-10-16)18(27)28-12-14-5-3-2-4-6-14/h2-11H,12H2,1H3,(H,24,25,26). The molecule has 0 atom stereocenters. The van der Waals surface area contributed by atoms with Crippen molar-refractivity contribution in [2.75, 3.05) is 5.32 Å². The quantitative estimate of drug-likeness (QED) is 0.631. The van der Waals surface area contributed by atoms with Gasteiger partial charge in [-0.25, -0.2) is 14.8 Å². The third kappa shape index (κ3) is 4.85. The largest absolute Gasteiger partial charge is 0.457 e. The Hall–Kier alpha value is -3.42. The van der Waals surface area contributed by atoms with Crippen LogP contribution in [0.15, 0.2) is 60.8 Å². The third-order valence-corrected chi connectivity index (χ3v) is 3.87. The van der Waals surface area contributed by atoms with Crippen LogP contribution in [0.2, 0.25) is 0 Å². The monoisotopic (exact) mass is 387 g/mol. The molecule has 0 saturated carbocycles. The number of rotatable bonds is 5. The van der Waals surface area contributed by atoms with E-state index in [-0.39, 0.29) is 18.2 Å². The van der Waals surface area contributed by atoms with Gasteiger partial charge in [0.1, 0.15) is 6.61 Å². The van der Waals surface area contributed by atoms with Gasteiger partial charge in [-0.3, -0.25) is 0 Å². The van der Waals surface area contributed by atoms with E-state index in [1.54, 1.807) is 24.3 Å². The molecule has 144 valence electrons. The molecule has 1 N–H and O–H groups in total. The number of alkyl halides is 3. The SMILES string of the molecule is Cc1nc(Nc2ccc(C(=O)OCc3ccccc3)cc2)ncc1C(F)(F)F. The molecule has 3 rings (SSSR count). The average molecular weight is 387 g/mol. The number of carbonyl (C=O) groups excluding carboxylic acids is 1. The number of nitrogens with zero attached hydrogens (tertiary/aromatic N) is 2. The summed E-state index contributed by atoms with van der Waals surface area (Å²) in [6, 6.07) is 15.6. The first-order valence-corrected chi connectivity index (χ1v) is 8.32. The molecule has 0 aliphatic carbocycles. The number of anilines is 2. The van der Waals surface area contributed by atoms with Crippen molar-refractivity contribution < 1.29 is 22.7 Å². The van der Waals surface area contributed by atoms with Gasteiger partial charge in [-0.1, -0.05) is 30.3 Å². The lowest BCUT2D eigenvalue weighted by Crippen LogP contribution is -2.11. The number of aromatic nitrogens is 2. The van der Waals surface area contributed by atoms with Crippen molar-refractivity contribution in [2.45, 2.75) is 19.7 Å². The Kier molecular flexibility index (Phi) is 5.58. The summed E-state index contributed by atoms with van der Waals surface area (Å²) in [5.74, 6) is -0.443. The van der Waals surface area contributed by atoms with E-state index in [1.165, 1.54) is 6.92 Å². The predicted octanol–water partition coefficient (Wildman–Crippen LogP) is 4.90. The van der Waals surface area contributed by atoms with E-state index in [1.807, 2.05) is 30.3 Å². The number of aryl methyl sites for hydroxylation is 1. The summed E-state index contributed by atoms with van der Waals surface area (Å²) in [4.78, 5) is 19.6. The maximum absolute atomic E-state index is 12.8. The van der Waals surface area contributed by atoms with E-state index in [2.05, 4.69) is 15.3 Å². The summed E-state index contributed by atoms with van der Waals surface area (Å²) in [7, 11) is 0. The molecule has 1 heterocycles. The number of nitrogens with one attached hydrogen (secondary N) is 1. The Morgan fingerprint density at radius 3 is 2.36 bits per heavy atom. The van der Waals surface area contributed by atoms with Crippen LogP contribution < -0.4 is 5.32 Å². The first kappa shape index (κ1) is 19.3. The molecule has 0 bridgehead atoms. The van der Waals surface area contributed by atoms with Crippen LogP contribution in [0.1, 0.15) is 27.2 Å². The van der Waals surface area contributed by atoms with E-state index in [0.29, 0.717) is 11.3 Å². The summed E-state index contributed by atoms with van der Waals surface area (Å²) < 4.78 is 43.5. The van der Waals surface area contributed by atoms with Crippen molar-refractivity contribution in [3.8, 4) is 0 Å². The van der Waals surface area contributed by atoms with Gasteiger partial charge in [0.25, 0.3) is 0 Å². The summed E-state index contributed by atoms with van der Waals surface area (Å²) >= 11 is 0. The molecule has 0 unspecified atom stereocenters. The Morgan fingerprint density at radius 1 is 1.07 bits per heavy atom. The molecular formula is C20H16F3N3O2. The normalized spacial score (nSPS) is 11.1. The average Bonchev–Trinajstić information content (AvgIpc) is 2.66. The van der Waals surface area contributed by atoms with E-state index in [0.717, 1.165) is 11.8 Å². The number of halogens is 3. The summed E-state index contributed by atoms with van der Waals surface area (Å²) in [6.07, 6.45) is -3.76. The van der Waals surface area contributed by atoms with E-state index in [4.69, 9.17) is 4.74 Å². The first-order chi connectivity index (χ1) is 13.3.